The van der Waals surface area contributed by atoms with Crippen LogP contribution in [0.1, 0.15) is 37.3 Å². The third-order valence-electron chi connectivity index (χ3n) is 3.34. The van der Waals surface area contributed by atoms with Crippen LogP contribution < -0.4 is 4.74 Å². The fourth-order valence-electron chi connectivity index (χ4n) is 2.14. The predicted octanol–water partition coefficient (Wildman–Crippen LogP) is 4.85. The first-order valence-electron chi connectivity index (χ1n) is 7.71. The van der Waals surface area contributed by atoms with Gasteiger partial charge in [0, 0.05) is 6.42 Å². The molecule has 0 aliphatic carbocycles. The van der Waals surface area contributed by atoms with Gasteiger partial charge < -0.3 is 4.74 Å². The molecule has 0 fully saturated rings. The van der Waals surface area contributed by atoms with Crippen LogP contribution in [0.15, 0.2) is 54.6 Å². The summed E-state index contributed by atoms with van der Waals surface area (Å²) in [4.78, 5) is 11.7. The van der Waals surface area contributed by atoms with E-state index >= 15 is 0 Å². The van der Waals surface area contributed by atoms with Gasteiger partial charge in [-0.15, -0.1) is 0 Å². The molecular weight excluding hydrogens is 286 g/mol. The maximum absolute atomic E-state index is 11.7. The van der Waals surface area contributed by atoms with Crippen molar-refractivity contribution in [3.63, 3.8) is 0 Å². The van der Waals surface area contributed by atoms with E-state index in [0.717, 1.165) is 24.0 Å². The van der Waals surface area contributed by atoms with Crippen LogP contribution in [-0.4, -0.2) is 5.97 Å². The topological polar surface area (TPSA) is 50.1 Å². The van der Waals surface area contributed by atoms with Crippen molar-refractivity contribution < 1.29 is 9.53 Å². The van der Waals surface area contributed by atoms with E-state index in [9.17, 15) is 10.1 Å². The Morgan fingerprint density at radius 2 is 1.96 bits per heavy atom. The summed E-state index contributed by atoms with van der Waals surface area (Å²) >= 11 is 0. The molecule has 3 nitrogen and oxygen atoms in total. The van der Waals surface area contributed by atoms with Gasteiger partial charge in [-0.25, -0.2) is 0 Å². The van der Waals surface area contributed by atoms with Crippen LogP contribution >= 0.6 is 0 Å². The number of ether oxygens (including phenoxy) is 1. The maximum atomic E-state index is 11.7. The van der Waals surface area contributed by atoms with Crippen LogP contribution in [-0.2, 0) is 4.79 Å². The van der Waals surface area contributed by atoms with E-state index in [2.05, 4.69) is 6.07 Å². The predicted molar refractivity (Wildman–Crippen MR) is 91.5 cm³/mol. The van der Waals surface area contributed by atoms with Crippen molar-refractivity contribution in [2.45, 2.75) is 26.2 Å². The third kappa shape index (κ3) is 5.12. The van der Waals surface area contributed by atoms with Crippen molar-refractivity contribution in [2.75, 3.05) is 0 Å². The van der Waals surface area contributed by atoms with Gasteiger partial charge in [0.1, 0.15) is 5.75 Å². The van der Waals surface area contributed by atoms with E-state index in [1.807, 2.05) is 49.4 Å². The second-order valence-corrected chi connectivity index (χ2v) is 5.19. The zero-order valence-electron chi connectivity index (χ0n) is 13.2. The number of hydrogen-bond donors (Lipinski definition) is 0. The lowest BCUT2D eigenvalue weighted by atomic mass is 10.0. The van der Waals surface area contributed by atoms with Gasteiger partial charge in [0.2, 0.25) is 0 Å². The maximum Gasteiger partial charge on any atom is 0.311 e. The number of esters is 1. The second kappa shape index (κ2) is 8.55. The first kappa shape index (κ1) is 16.5. The van der Waals surface area contributed by atoms with E-state index in [1.54, 1.807) is 18.2 Å². The highest BCUT2D eigenvalue weighted by atomic mass is 16.5. The van der Waals surface area contributed by atoms with Crippen molar-refractivity contribution in [3.05, 3.63) is 65.7 Å². The summed E-state index contributed by atoms with van der Waals surface area (Å²) < 4.78 is 5.33. The summed E-state index contributed by atoms with van der Waals surface area (Å²) in [6, 6.07) is 18.9. The molecular formula is C20H19NO2. The Balaban J connectivity index is 2.17. The van der Waals surface area contributed by atoms with Crippen LogP contribution in [0.25, 0.3) is 11.6 Å². The van der Waals surface area contributed by atoms with Crippen LogP contribution in [0, 0.1) is 11.3 Å². The normalized spacial score (nSPS) is 10.9. The molecule has 0 N–H and O–H groups in total. The molecule has 0 saturated carbocycles. The zero-order valence-corrected chi connectivity index (χ0v) is 13.2. The Labute approximate surface area is 136 Å². The van der Waals surface area contributed by atoms with E-state index in [-0.39, 0.29) is 5.97 Å². The van der Waals surface area contributed by atoms with Crippen LogP contribution in [0.4, 0.5) is 0 Å². The molecule has 0 aliphatic rings. The lowest BCUT2D eigenvalue weighted by molar-refractivity contribution is -0.134. The van der Waals surface area contributed by atoms with E-state index in [4.69, 9.17) is 4.74 Å². The highest BCUT2D eigenvalue weighted by Gasteiger charge is 2.05. The molecule has 0 aliphatic heterocycles. The summed E-state index contributed by atoms with van der Waals surface area (Å²) in [6.07, 6.45) is 3.99. The summed E-state index contributed by atoms with van der Waals surface area (Å²) in [5, 5.41) is 9.35. The fourth-order valence-corrected chi connectivity index (χ4v) is 2.14. The van der Waals surface area contributed by atoms with Gasteiger partial charge in [-0.05, 0) is 35.8 Å². The van der Waals surface area contributed by atoms with Gasteiger partial charge in [0.15, 0.2) is 0 Å². The zero-order chi connectivity index (χ0) is 16.5. The Morgan fingerprint density at radius 1 is 1.17 bits per heavy atom. The molecule has 0 saturated heterocycles. The number of carbonyl (C=O) groups is 1. The molecule has 0 atom stereocenters. The van der Waals surface area contributed by atoms with Gasteiger partial charge in [0.25, 0.3) is 0 Å². The number of nitriles is 1. The second-order valence-electron chi connectivity index (χ2n) is 5.19. The average molecular weight is 305 g/mol. The molecule has 0 aromatic heterocycles. The highest BCUT2D eigenvalue weighted by Crippen LogP contribution is 2.21. The molecule has 0 spiro atoms. The molecule has 0 amide bonds. The average Bonchev–Trinajstić information content (AvgIpc) is 2.59. The molecule has 116 valence electrons. The molecule has 3 heteroatoms. The Morgan fingerprint density at radius 3 is 2.65 bits per heavy atom. The number of unbranched alkanes of at least 4 members (excludes halogenated alkanes) is 1. The molecule has 2 aromatic carbocycles. The van der Waals surface area contributed by atoms with Gasteiger partial charge in [-0.2, -0.15) is 5.26 Å². The number of hydrogen-bond acceptors (Lipinski definition) is 3. The largest absolute Gasteiger partial charge is 0.427 e. The number of carbonyl (C=O) groups excluding carboxylic acids is 1. The van der Waals surface area contributed by atoms with E-state index in [1.165, 1.54) is 0 Å². The fraction of sp³-hybridized carbons (Fsp3) is 0.200. The van der Waals surface area contributed by atoms with Crippen LogP contribution in [0.5, 0.6) is 5.75 Å². The molecule has 0 bridgehead atoms. The number of benzene rings is 2. The van der Waals surface area contributed by atoms with Gasteiger partial charge in [0.05, 0.1) is 11.6 Å². The number of allylic oxidation sites excluding steroid dienone is 1. The SMILES string of the molecule is CCCCC(=O)Oc1cccc(/C=C(/C#N)c2ccccc2)c1. The minimum atomic E-state index is -0.225. The molecule has 23 heavy (non-hydrogen) atoms. The molecule has 0 heterocycles. The number of nitrogens with zero attached hydrogens (tertiary/aromatic N) is 1. The van der Waals surface area contributed by atoms with Gasteiger partial charge in [-0.3, -0.25) is 4.79 Å². The molecule has 0 unspecified atom stereocenters. The summed E-state index contributed by atoms with van der Waals surface area (Å²) in [5.41, 5.74) is 2.26. The Bertz CT molecular complexity index is 727. The van der Waals surface area contributed by atoms with E-state index < -0.39 is 0 Å². The van der Waals surface area contributed by atoms with Gasteiger partial charge >= 0.3 is 5.97 Å². The molecule has 2 aromatic rings. The summed E-state index contributed by atoms with van der Waals surface area (Å²) in [6.45, 7) is 2.03. The quantitative estimate of drug-likeness (QED) is 0.332. The Kier molecular flexibility index (Phi) is 6.14. The van der Waals surface area contributed by atoms with Crippen molar-refractivity contribution in [1.29, 1.82) is 5.26 Å². The van der Waals surface area contributed by atoms with Gasteiger partial charge in [-0.1, -0.05) is 55.8 Å². The number of rotatable bonds is 6. The first-order valence-corrected chi connectivity index (χ1v) is 7.71. The minimum Gasteiger partial charge on any atom is -0.427 e. The summed E-state index contributed by atoms with van der Waals surface area (Å²) in [5.74, 6) is 0.279. The molecule has 2 rings (SSSR count). The van der Waals surface area contributed by atoms with Crippen molar-refractivity contribution >= 4 is 17.6 Å². The van der Waals surface area contributed by atoms with Crippen molar-refractivity contribution in [3.8, 4) is 11.8 Å². The standard InChI is InChI=1S/C20H19NO2/c1-2-3-12-20(22)23-19-11-7-8-16(14-19)13-18(15-21)17-9-5-4-6-10-17/h4-11,13-14H,2-3,12H2,1H3/b18-13-. The van der Waals surface area contributed by atoms with Crippen LogP contribution in [0.2, 0.25) is 0 Å². The monoisotopic (exact) mass is 305 g/mol. The molecule has 0 radical (unpaired) electrons. The first-order chi connectivity index (χ1) is 11.2. The van der Waals surface area contributed by atoms with Crippen molar-refractivity contribution in [1.82, 2.24) is 0 Å². The highest BCUT2D eigenvalue weighted by molar-refractivity contribution is 5.89. The summed E-state index contributed by atoms with van der Waals surface area (Å²) in [7, 11) is 0. The third-order valence-corrected chi connectivity index (χ3v) is 3.34. The Hall–Kier alpha value is -2.86. The minimum absolute atomic E-state index is 0.225. The lowest BCUT2D eigenvalue weighted by Crippen LogP contribution is -2.07. The van der Waals surface area contributed by atoms with E-state index in [0.29, 0.717) is 17.7 Å². The lowest BCUT2D eigenvalue weighted by Gasteiger charge is -2.05. The van der Waals surface area contributed by atoms with Crippen LogP contribution in [0.3, 0.4) is 0 Å². The van der Waals surface area contributed by atoms with Crippen molar-refractivity contribution in [2.24, 2.45) is 0 Å². The smallest absolute Gasteiger partial charge is 0.311 e.